The van der Waals surface area contributed by atoms with E-state index in [1.165, 1.54) is 23.5 Å². The van der Waals surface area contributed by atoms with E-state index in [9.17, 15) is 14.3 Å². The van der Waals surface area contributed by atoms with Gasteiger partial charge >= 0.3 is 0 Å². The zero-order chi connectivity index (χ0) is 10.8. The van der Waals surface area contributed by atoms with Crippen LogP contribution >= 0.6 is 11.3 Å². The Kier molecular flexibility index (Phi) is 2.51. The lowest BCUT2D eigenvalue weighted by atomic mass is 10.1. The van der Waals surface area contributed by atoms with Crippen LogP contribution in [0.3, 0.4) is 0 Å². The highest BCUT2D eigenvalue weighted by molar-refractivity contribution is 7.08. The van der Waals surface area contributed by atoms with Gasteiger partial charge in [-0.15, -0.1) is 0 Å². The summed E-state index contributed by atoms with van der Waals surface area (Å²) in [5.41, 5.74) is 1.40. The van der Waals surface area contributed by atoms with Gasteiger partial charge in [0.1, 0.15) is 0 Å². The van der Waals surface area contributed by atoms with Crippen LogP contribution in [0.15, 0.2) is 29.0 Å². The molecule has 0 radical (unpaired) electrons. The summed E-state index contributed by atoms with van der Waals surface area (Å²) >= 11 is 1.48. The molecule has 2 rings (SSSR count). The van der Waals surface area contributed by atoms with Crippen LogP contribution < -0.4 is 0 Å². The zero-order valence-corrected chi connectivity index (χ0v) is 8.42. The standard InChI is InChI=1S/C11H7FO2S/c12-10-4-8(7-1-2-15-6-7)3-9(5-13)11(10)14/h1-6,14H. The molecule has 0 saturated heterocycles. The summed E-state index contributed by atoms with van der Waals surface area (Å²) in [5.74, 6) is -1.37. The molecule has 0 bridgehead atoms. The van der Waals surface area contributed by atoms with Crippen molar-refractivity contribution in [3.8, 4) is 16.9 Å². The SMILES string of the molecule is O=Cc1cc(-c2ccsc2)cc(F)c1O. The van der Waals surface area contributed by atoms with Gasteiger partial charge in [-0.25, -0.2) is 4.39 Å². The summed E-state index contributed by atoms with van der Waals surface area (Å²) in [6, 6.07) is 4.50. The molecule has 0 aliphatic carbocycles. The first-order chi connectivity index (χ1) is 7.22. The van der Waals surface area contributed by atoms with Gasteiger partial charge in [0.2, 0.25) is 0 Å². The monoisotopic (exact) mass is 222 g/mol. The number of halogens is 1. The Labute approximate surface area is 89.6 Å². The Balaban J connectivity index is 2.60. The number of benzene rings is 1. The van der Waals surface area contributed by atoms with Crippen LogP contribution in [0.25, 0.3) is 11.1 Å². The van der Waals surface area contributed by atoms with Crippen molar-refractivity contribution >= 4 is 17.6 Å². The Morgan fingerprint density at radius 2 is 2.13 bits per heavy atom. The topological polar surface area (TPSA) is 37.3 Å². The first kappa shape index (κ1) is 9.86. The summed E-state index contributed by atoms with van der Waals surface area (Å²) in [6.45, 7) is 0. The van der Waals surface area contributed by atoms with Crippen LogP contribution in [0.2, 0.25) is 0 Å². The van der Waals surface area contributed by atoms with Crippen molar-refractivity contribution in [2.75, 3.05) is 0 Å². The van der Waals surface area contributed by atoms with Crippen molar-refractivity contribution in [1.29, 1.82) is 0 Å². The normalized spacial score (nSPS) is 10.2. The van der Waals surface area contributed by atoms with E-state index in [0.29, 0.717) is 11.8 Å². The number of hydrogen-bond acceptors (Lipinski definition) is 3. The Morgan fingerprint density at radius 1 is 1.33 bits per heavy atom. The second-order valence-electron chi connectivity index (χ2n) is 3.03. The third-order valence-corrected chi connectivity index (χ3v) is 2.76. The fourth-order valence-corrected chi connectivity index (χ4v) is 1.97. The van der Waals surface area contributed by atoms with Gasteiger partial charge in [0.05, 0.1) is 5.56 Å². The maximum absolute atomic E-state index is 13.2. The van der Waals surface area contributed by atoms with Crippen molar-refractivity contribution in [1.82, 2.24) is 0 Å². The van der Waals surface area contributed by atoms with Gasteiger partial charge in [0.15, 0.2) is 17.9 Å². The van der Waals surface area contributed by atoms with Crippen LogP contribution in [-0.4, -0.2) is 11.4 Å². The maximum Gasteiger partial charge on any atom is 0.166 e. The van der Waals surface area contributed by atoms with Crippen molar-refractivity contribution < 1.29 is 14.3 Å². The van der Waals surface area contributed by atoms with Crippen molar-refractivity contribution in [3.05, 3.63) is 40.3 Å². The van der Waals surface area contributed by atoms with E-state index in [4.69, 9.17) is 0 Å². The van der Waals surface area contributed by atoms with Crippen LogP contribution in [0.4, 0.5) is 4.39 Å². The average Bonchev–Trinajstić information content (AvgIpc) is 2.75. The first-order valence-corrected chi connectivity index (χ1v) is 5.17. The molecule has 0 fully saturated rings. The third kappa shape index (κ3) is 1.76. The molecular formula is C11H7FO2S. The highest BCUT2D eigenvalue weighted by Crippen LogP contribution is 2.29. The molecule has 0 atom stereocenters. The molecule has 1 N–H and O–H groups in total. The number of carbonyl (C=O) groups is 1. The highest BCUT2D eigenvalue weighted by Gasteiger charge is 2.10. The van der Waals surface area contributed by atoms with Crippen LogP contribution in [-0.2, 0) is 0 Å². The lowest BCUT2D eigenvalue weighted by Gasteiger charge is -2.03. The molecule has 0 aliphatic rings. The molecule has 2 aromatic rings. The molecule has 4 heteroatoms. The van der Waals surface area contributed by atoms with Crippen LogP contribution in [0.1, 0.15) is 10.4 Å². The Morgan fingerprint density at radius 3 is 2.73 bits per heavy atom. The van der Waals surface area contributed by atoms with Gasteiger partial charge in [0, 0.05) is 0 Å². The Hall–Kier alpha value is -1.68. The van der Waals surface area contributed by atoms with Crippen LogP contribution in [0.5, 0.6) is 5.75 Å². The zero-order valence-electron chi connectivity index (χ0n) is 7.61. The van der Waals surface area contributed by atoms with E-state index in [1.807, 2.05) is 16.8 Å². The summed E-state index contributed by atoms with van der Waals surface area (Å²) in [7, 11) is 0. The van der Waals surface area contributed by atoms with Gasteiger partial charge in [-0.05, 0) is 40.1 Å². The van der Waals surface area contributed by atoms with Crippen molar-refractivity contribution in [3.63, 3.8) is 0 Å². The van der Waals surface area contributed by atoms with Crippen molar-refractivity contribution in [2.45, 2.75) is 0 Å². The summed E-state index contributed by atoms with van der Waals surface area (Å²) in [4.78, 5) is 10.6. The fourth-order valence-electron chi connectivity index (χ4n) is 1.31. The van der Waals surface area contributed by atoms with Gasteiger partial charge < -0.3 is 5.11 Å². The molecule has 0 spiro atoms. The lowest BCUT2D eigenvalue weighted by Crippen LogP contribution is -1.87. The molecule has 76 valence electrons. The number of phenols is 1. The predicted octanol–water partition coefficient (Wildman–Crippen LogP) is 3.07. The molecule has 15 heavy (non-hydrogen) atoms. The van der Waals surface area contributed by atoms with Gasteiger partial charge in [0.25, 0.3) is 0 Å². The molecule has 1 aromatic carbocycles. The number of rotatable bonds is 2. The van der Waals surface area contributed by atoms with Gasteiger partial charge in [-0.1, -0.05) is 0 Å². The van der Waals surface area contributed by atoms with E-state index < -0.39 is 11.6 Å². The third-order valence-electron chi connectivity index (χ3n) is 2.07. The fraction of sp³-hybridized carbons (Fsp3) is 0. The molecule has 0 amide bonds. The first-order valence-electron chi connectivity index (χ1n) is 4.22. The van der Waals surface area contributed by atoms with E-state index in [-0.39, 0.29) is 5.56 Å². The number of hydrogen-bond donors (Lipinski definition) is 1. The minimum atomic E-state index is -0.777. The smallest absolute Gasteiger partial charge is 0.166 e. The van der Waals surface area contributed by atoms with Gasteiger partial charge in [-0.3, -0.25) is 4.79 Å². The second-order valence-corrected chi connectivity index (χ2v) is 3.81. The van der Waals surface area contributed by atoms with Crippen LogP contribution in [0, 0.1) is 5.82 Å². The van der Waals surface area contributed by atoms with E-state index in [2.05, 4.69) is 0 Å². The minimum Gasteiger partial charge on any atom is -0.504 e. The molecule has 1 heterocycles. The predicted molar refractivity (Wildman–Crippen MR) is 56.8 cm³/mol. The summed E-state index contributed by atoms with van der Waals surface area (Å²) in [6.07, 6.45) is 0.439. The quantitative estimate of drug-likeness (QED) is 0.793. The number of carbonyl (C=O) groups excluding carboxylic acids is 1. The van der Waals surface area contributed by atoms with E-state index in [1.54, 1.807) is 0 Å². The number of aromatic hydroxyl groups is 1. The van der Waals surface area contributed by atoms with Crippen molar-refractivity contribution in [2.24, 2.45) is 0 Å². The largest absolute Gasteiger partial charge is 0.504 e. The molecule has 2 nitrogen and oxygen atoms in total. The summed E-state index contributed by atoms with van der Waals surface area (Å²) in [5, 5.41) is 12.9. The maximum atomic E-state index is 13.2. The van der Waals surface area contributed by atoms with Gasteiger partial charge in [-0.2, -0.15) is 11.3 Å². The second kappa shape index (κ2) is 3.82. The summed E-state index contributed by atoms with van der Waals surface area (Å²) < 4.78 is 13.2. The van der Waals surface area contributed by atoms with E-state index in [0.717, 1.165) is 5.56 Å². The van der Waals surface area contributed by atoms with E-state index >= 15 is 0 Å². The lowest BCUT2D eigenvalue weighted by molar-refractivity contribution is 0.112. The molecule has 1 aromatic heterocycles. The average molecular weight is 222 g/mol. The number of aldehydes is 1. The molecule has 0 saturated carbocycles. The minimum absolute atomic E-state index is 0.0313. The molecular weight excluding hydrogens is 215 g/mol. The highest BCUT2D eigenvalue weighted by atomic mass is 32.1. The number of thiophene rings is 1. The Bertz CT molecular complexity index is 492. The number of phenolic OH excluding ortho intramolecular Hbond substituents is 1. The molecule has 0 aliphatic heterocycles. The molecule has 0 unspecified atom stereocenters.